The van der Waals surface area contributed by atoms with Crippen molar-refractivity contribution >= 4 is 58.5 Å². The van der Waals surface area contributed by atoms with E-state index in [9.17, 15) is 14.0 Å². The van der Waals surface area contributed by atoms with E-state index in [0.717, 1.165) is 0 Å². The third-order valence-corrected chi connectivity index (χ3v) is 4.82. The van der Waals surface area contributed by atoms with Gasteiger partial charge in [0.2, 0.25) is 0 Å². The number of amides is 2. The van der Waals surface area contributed by atoms with Crippen molar-refractivity contribution in [3.63, 3.8) is 0 Å². The van der Waals surface area contributed by atoms with E-state index in [0.29, 0.717) is 21.4 Å². The molecule has 0 aromatic heterocycles. The number of anilines is 1. The van der Waals surface area contributed by atoms with E-state index < -0.39 is 17.6 Å². The molecule has 0 aliphatic carbocycles. The van der Waals surface area contributed by atoms with Crippen LogP contribution in [0.3, 0.4) is 0 Å². The smallest absolute Gasteiger partial charge is 0.329 e. The molecule has 0 unspecified atom stereocenters. The average Bonchev–Trinajstić information content (AvgIpc) is 2.73. The van der Waals surface area contributed by atoms with Gasteiger partial charge >= 0.3 is 11.8 Å². The van der Waals surface area contributed by atoms with E-state index >= 15 is 0 Å². The van der Waals surface area contributed by atoms with Gasteiger partial charge in [0.1, 0.15) is 18.2 Å². The number of hydrazone groups is 1. The normalized spacial score (nSPS) is 10.8. The summed E-state index contributed by atoms with van der Waals surface area (Å²) in [7, 11) is 0. The average molecular weight is 495 g/mol. The molecule has 0 bridgehead atoms. The highest BCUT2D eigenvalue weighted by molar-refractivity contribution is 6.40. The van der Waals surface area contributed by atoms with Gasteiger partial charge in [-0.05, 0) is 60.2 Å². The Hall–Kier alpha value is -3.13. The topological polar surface area (TPSA) is 79.8 Å². The maximum absolute atomic E-state index is 13.8. The van der Waals surface area contributed by atoms with Gasteiger partial charge in [0, 0.05) is 21.3 Å². The maximum atomic E-state index is 13.8. The van der Waals surface area contributed by atoms with Gasteiger partial charge < -0.3 is 10.1 Å². The van der Waals surface area contributed by atoms with Crippen molar-refractivity contribution in [2.45, 2.75) is 6.61 Å². The van der Waals surface area contributed by atoms with Gasteiger partial charge in [-0.15, -0.1) is 0 Å². The van der Waals surface area contributed by atoms with E-state index in [4.69, 9.17) is 39.5 Å². The first kappa shape index (κ1) is 23.5. The summed E-state index contributed by atoms with van der Waals surface area (Å²) >= 11 is 17.7. The lowest BCUT2D eigenvalue weighted by Crippen LogP contribution is -2.32. The third kappa shape index (κ3) is 6.68. The fraction of sp³-hybridized carbons (Fsp3) is 0.0455. The molecule has 0 saturated heterocycles. The predicted molar refractivity (Wildman–Crippen MR) is 123 cm³/mol. The lowest BCUT2D eigenvalue weighted by Gasteiger charge is -2.09. The van der Waals surface area contributed by atoms with Crippen molar-refractivity contribution in [3.8, 4) is 5.75 Å². The minimum atomic E-state index is -0.973. The van der Waals surface area contributed by atoms with Gasteiger partial charge in [-0.1, -0.05) is 40.9 Å². The quantitative estimate of drug-likeness (QED) is 0.271. The minimum absolute atomic E-state index is 0.0258. The highest BCUT2D eigenvalue weighted by Gasteiger charge is 2.13. The van der Waals surface area contributed by atoms with Crippen molar-refractivity contribution in [2.24, 2.45) is 5.10 Å². The molecule has 32 heavy (non-hydrogen) atoms. The Balaban J connectivity index is 1.51. The Bertz CT molecular complexity index is 1130. The summed E-state index contributed by atoms with van der Waals surface area (Å²) in [6, 6.07) is 15.4. The van der Waals surface area contributed by atoms with E-state index in [1.165, 1.54) is 36.5 Å². The summed E-state index contributed by atoms with van der Waals surface area (Å²) in [5.74, 6) is -1.86. The number of rotatable bonds is 6. The molecule has 2 amide bonds. The molecule has 164 valence electrons. The summed E-state index contributed by atoms with van der Waals surface area (Å²) in [6.45, 7) is -0.0258. The van der Waals surface area contributed by atoms with Crippen LogP contribution in [0.4, 0.5) is 10.1 Å². The molecular formula is C22H15Cl3FN3O3. The number of hydrogen-bond donors (Lipinski definition) is 2. The van der Waals surface area contributed by atoms with Crippen LogP contribution < -0.4 is 15.5 Å². The Morgan fingerprint density at radius 3 is 2.31 bits per heavy atom. The molecule has 3 aromatic carbocycles. The molecule has 0 atom stereocenters. The predicted octanol–water partition coefficient (Wildman–Crippen LogP) is 5.45. The van der Waals surface area contributed by atoms with E-state index in [-0.39, 0.29) is 22.9 Å². The van der Waals surface area contributed by atoms with Crippen molar-refractivity contribution in [1.29, 1.82) is 0 Å². The van der Waals surface area contributed by atoms with Crippen molar-refractivity contribution in [1.82, 2.24) is 5.43 Å². The second-order valence-corrected chi connectivity index (χ2v) is 7.65. The number of hydrogen-bond acceptors (Lipinski definition) is 4. The molecule has 10 heteroatoms. The molecule has 0 fully saturated rings. The van der Waals surface area contributed by atoms with Crippen LogP contribution in [0.5, 0.6) is 5.75 Å². The fourth-order valence-corrected chi connectivity index (χ4v) is 3.25. The monoisotopic (exact) mass is 493 g/mol. The summed E-state index contributed by atoms with van der Waals surface area (Å²) in [5.41, 5.74) is 3.29. The second-order valence-electron chi connectivity index (χ2n) is 6.37. The van der Waals surface area contributed by atoms with Crippen LogP contribution in [-0.4, -0.2) is 18.0 Å². The van der Waals surface area contributed by atoms with Gasteiger partial charge in [-0.3, -0.25) is 9.59 Å². The van der Waals surface area contributed by atoms with Crippen LogP contribution in [0.25, 0.3) is 0 Å². The Morgan fingerprint density at radius 1 is 0.969 bits per heavy atom. The molecule has 0 heterocycles. The van der Waals surface area contributed by atoms with Crippen LogP contribution in [0, 0.1) is 5.82 Å². The van der Waals surface area contributed by atoms with E-state index in [1.54, 1.807) is 30.3 Å². The van der Waals surface area contributed by atoms with Crippen LogP contribution in [0.2, 0.25) is 15.1 Å². The molecule has 3 aromatic rings. The lowest BCUT2D eigenvalue weighted by atomic mass is 10.2. The summed E-state index contributed by atoms with van der Waals surface area (Å²) in [6.07, 6.45) is 1.35. The highest BCUT2D eigenvalue weighted by atomic mass is 35.5. The van der Waals surface area contributed by atoms with Gasteiger partial charge in [0.05, 0.1) is 11.2 Å². The highest BCUT2D eigenvalue weighted by Crippen LogP contribution is 2.23. The first-order chi connectivity index (χ1) is 15.3. The summed E-state index contributed by atoms with van der Waals surface area (Å²) < 4.78 is 19.3. The number of benzene rings is 3. The van der Waals surface area contributed by atoms with Gasteiger partial charge in [-0.2, -0.15) is 5.10 Å². The van der Waals surface area contributed by atoms with Crippen LogP contribution in [0.1, 0.15) is 11.1 Å². The van der Waals surface area contributed by atoms with E-state index in [2.05, 4.69) is 15.8 Å². The Kier molecular flexibility index (Phi) is 8.05. The molecule has 0 saturated carbocycles. The summed E-state index contributed by atoms with van der Waals surface area (Å²) in [4.78, 5) is 23.8. The largest absolute Gasteiger partial charge is 0.489 e. The zero-order valence-corrected chi connectivity index (χ0v) is 18.5. The Morgan fingerprint density at radius 2 is 1.66 bits per heavy atom. The fourth-order valence-electron chi connectivity index (χ4n) is 2.51. The molecule has 0 aliphatic rings. The van der Waals surface area contributed by atoms with Crippen molar-refractivity contribution in [3.05, 3.63) is 92.7 Å². The number of carbonyl (C=O) groups excluding carboxylic acids is 2. The van der Waals surface area contributed by atoms with E-state index in [1.807, 2.05) is 0 Å². The number of nitrogens with zero attached hydrogens (tertiary/aromatic N) is 1. The molecule has 0 radical (unpaired) electrons. The van der Waals surface area contributed by atoms with Crippen LogP contribution >= 0.6 is 34.8 Å². The van der Waals surface area contributed by atoms with Crippen LogP contribution in [-0.2, 0) is 16.2 Å². The van der Waals surface area contributed by atoms with Crippen molar-refractivity contribution in [2.75, 3.05) is 5.32 Å². The minimum Gasteiger partial charge on any atom is -0.489 e. The number of nitrogens with one attached hydrogen (secondary N) is 2. The molecular weight excluding hydrogens is 480 g/mol. The number of halogens is 4. The number of carbonyl (C=O) groups is 2. The zero-order chi connectivity index (χ0) is 23.1. The van der Waals surface area contributed by atoms with Gasteiger partial charge in [-0.25, -0.2) is 9.82 Å². The van der Waals surface area contributed by atoms with Crippen molar-refractivity contribution < 1.29 is 18.7 Å². The Labute approximate surface area is 197 Å². The van der Waals surface area contributed by atoms with Gasteiger partial charge in [0.15, 0.2) is 0 Å². The first-order valence-electron chi connectivity index (χ1n) is 9.08. The molecule has 2 N–H and O–H groups in total. The zero-order valence-electron chi connectivity index (χ0n) is 16.2. The lowest BCUT2D eigenvalue weighted by molar-refractivity contribution is -0.136. The van der Waals surface area contributed by atoms with Gasteiger partial charge in [0.25, 0.3) is 0 Å². The van der Waals surface area contributed by atoms with Crippen LogP contribution in [0.15, 0.2) is 65.8 Å². The maximum Gasteiger partial charge on any atom is 0.329 e. The SMILES string of the molecule is O=C(N/N=C/c1ccc(OCc2c(F)cccc2Cl)cc1)C(=O)Nc1cc(Cl)cc(Cl)c1. The molecule has 0 spiro atoms. The first-order valence-corrected chi connectivity index (χ1v) is 10.2. The second kappa shape index (κ2) is 10.9. The third-order valence-electron chi connectivity index (χ3n) is 4.03. The molecule has 3 rings (SSSR count). The molecule has 0 aliphatic heterocycles. The standard InChI is InChI=1S/C22H15Cl3FN3O3/c23-14-8-15(24)10-16(9-14)28-21(30)22(31)29-27-11-13-4-6-17(7-5-13)32-12-18-19(25)2-1-3-20(18)26/h1-11H,12H2,(H,28,30)(H,29,31)/b27-11+. The number of ether oxygens (including phenoxy) is 1. The summed E-state index contributed by atoms with van der Waals surface area (Å²) in [5, 5.41) is 7.02. The molecule has 6 nitrogen and oxygen atoms in total.